The molecule has 1 aromatic heterocycles. The predicted molar refractivity (Wildman–Crippen MR) is 101 cm³/mol. The Hall–Kier alpha value is -1.69. The van der Waals surface area contributed by atoms with E-state index < -0.39 is 0 Å². The summed E-state index contributed by atoms with van der Waals surface area (Å²) in [5.74, 6) is 1.95. The molecular weight excluding hydrogens is 306 g/mol. The molecule has 0 aliphatic heterocycles. The summed E-state index contributed by atoms with van der Waals surface area (Å²) in [7, 11) is 1.81. The number of imidazole rings is 1. The molecule has 0 saturated heterocycles. The van der Waals surface area contributed by atoms with Gasteiger partial charge in [0.15, 0.2) is 5.96 Å². The van der Waals surface area contributed by atoms with Crippen LogP contribution in [0.1, 0.15) is 19.2 Å². The van der Waals surface area contributed by atoms with Crippen molar-refractivity contribution < 1.29 is 0 Å². The van der Waals surface area contributed by atoms with Crippen LogP contribution < -0.4 is 10.6 Å². The number of aryl methyl sites for hydroxylation is 2. The molecule has 1 aromatic carbocycles. The maximum atomic E-state index is 4.61. The lowest BCUT2D eigenvalue weighted by molar-refractivity contribution is 0.624. The fourth-order valence-corrected chi connectivity index (χ4v) is 2.72. The van der Waals surface area contributed by atoms with Gasteiger partial charge in [0.05, 0.1) is 11.0 Å². The van der Waals surface area contributed by atoms with Crippen LogP contribution in [-0.4, -0.2) is 47.2 Å². The Balaban J connectivity index is 1.81. The first-order valence-corrected chi connectivity index (χ1v) is 9.33. The summed E-state index contributed by atoms with van der Waals surface area (Å²) >= 11 is 1.85. The van der Waals surface area contributed by atoms with E-state index in [1.165, 1.54) is 5.52 Å². The Morgan fingerprint density at radius 2 is 2.13 bits per heavy atom. The van der Waals surface area contributed by atoms with Gasteiger partial charge in [0.1, 0.15) is 5.82 Å². The molecule has 5 nitrogen and oxygen atoms in total. The highest BCUT2D eigenvalue weighted by atomic mass is 32.2. The van der Waals surface area contributed by atoms with Gasteiger partial charge in [-0.15, -0.1) is 0 Å². The lowest BCUT2D eigenvalue weighted by atomic mass is 10.3. The minimum atomic E-state index is 0.577. The third kappa shape index (κ3) is 4.89. The van der Waals surface area contributed by atoms with Crippen molar-refractivity contribution in [1.29, 1.82) is 0 Å². The van der Waals surface area contributed by atoms with Gasteiger partial charge >= 0.3 is 0 Å². The summed E-state index contributed by atoms with van der Waals surface area (Å²) in [5, 5.41) is 7.31. The Labute approximate surface area is 143 Å². The average molecular weight is 334 g/mol. The number of thioether (sulfide) groups is 1. The van der Waals surface area contributed by atoms with E-state index in [0.29, 0.717) is 5.25 Å². The highest BCUT2D eigenvalue weighted by molar-refractivity contribution is 7.99. The number of aromatic nitrogens is 2. The molecule has 0 aliphatic carbocycles. The van der Waals surface area contributed by atoms with Gasteiger partial charge in [-0.1, -0.05) is 19.1 Å². The first-order valence-electron chi connectivity index (χ1n) is 8.05. The molecule has 0 fully saturated rings. The molecule has 0 amide bonds. The second kappa shape index (κ2) is 8.82. The smallest absolute Gasteiger partial charge is 0.191 e. The number of benzene rings is 1. The van der Waals surface area contributed by atoms with Crippen molar-refractivity contribution in [1.82, 2.24) is 20.2 Å². The van der Waals surface area contributed by atoms with Gasteiger partial charge in [0.2, 0.25) is 0 Å². The second-order valence-electron chi connectivity index (χ2n) is 5.58. The number of hydrogen-bond acceptors (Lipinski definition) is 3. The van der Waals surface area contributed by atoms with Gasteiger partial charge < -0.3 is 15.2 Å². The summed E-state index contributed by atoms with van der Waals surface area (Å²) in [5.41, 5.74) is 2.28. The number of para-hydroxylation sites is 2. The number of hydrogen-bond donors (Lipinski definition) is 2. The van der Waals surface area contributed by atoms with Crippen LogP contribution in [0.15, 0.2) is 29.3 Å². The predicted octanol–water partition coefficient (Wildman–Crippen LogP) is 2.65. The maximum absolute atomic E-state index is 4.61. The minimum Gasteiger partial charge on any atom is -0.356 e. The van der Waals surface area contributed by atoms with Gasteiger partial charge in [-0.3, -0.25) is 4.99 Å². The second-order valence-corrected chi connectivity index (χ2v) is 6.86. The molecule has 0 aliphatic rings. The van der Waals surface area contributed by atoms with Crippen molar-refractivity contribution in [3.63, 3.8) is 0 Å². The van der Waals surface area contributed by atoms with Crippen molar-refractivity contribution in [2.75, 3.05) is 26.4 Å². The molecule has 1 unspecified atom stereocenters. The van der Waals surface area contributed by atoms with E-state index in [-0.39, 0.29) is 0 Å². The number of guanidine groups is 1. The van der Waals surface area contributed by atoms with Crippen LogP contribution >= 0.6 is 11.8 Å². The third-order valence-electron chi connectivity index (χ3n) is 3.88. The number of fused-ring (bicyclic) bond motifs is 1. The van der Waals surface area contributed by atoms with E-state index >= 15 is 0 Å². The standard InChI is InChI=1S/C17H27N5S/c1-13(23-4)12-20-17(18-3)19-10-7-11-22-14(2)21-15-8-5-6-9-16(15)22/h5-6,8-9,13H,7,10-12H2,1-4H3,(H2,18,19,20). The number of rotatable bonds is 7. The lowest BCUT2D eigenvalue weighted by Gasteiger charge is -2.15. The molecule has 126 valence electrons. The molecule has 2 aromatic rings. The fraction of sp³-hybridized carbons (Fsp3) is 0.529. The molecule has 2 rings (SSSR count). The van der Waals surface area contributed by atoms with E-state index in [9.17, 15) is 0 Å². The van der Waals surface area contributed by atoms with E-state index in [2.05, 4.69) is 63.5 Å². The van der Waals surface area contributed by atoms with E-state index in [4.69, 9.17) is 0 Å². The van der Waals surface area contributed by atoms with Crippen molar-refractivity contribution in [3.05, 3.63) is 30.1 Å². The summed E-state index contributed by atoms with van der Waals surface area (Å²) < 4.78 is 2.28. The van der Waals surface area contributed by atoms with Crippen LogP contribution in [0.5, 0.6) is 0 Å². The van der Waals surface area contributed by atoms with Crippen LogP contribution in [0, 0.1) is 6.92 Å². The molecule has 1 atom stereocenters. The highest BCUT2D eigenvalue weighted by Crippen LogP contribution is 2.15. The zero-order valence-electron chi connectivity index (χ0n) is 14.5. The average Bonchev–Trinajstić information content (AvgIpc) is 2.89. The Morgan fingerprint density at radius 3 is 2.87 bits per heavy atom. The zero-order valence-corrected chi connectivity index (χ0v) is 15.3. The summed E-state index contributed by atoms with van der Waals surface area (Å²) in [6.07, 6.45) is 3.15. The fourth-order valence-electron chi connectivity index (χ4n) is 2.47. The highest BCUT2D eigenvalue weighted by Gasteiger charge is 2.06. The van der Waals surface area contributed by atoms with Gasteiger partial charge in [0.25, 0.3) is 0 Å². The molecule has 2 N–H and O–H groups in total. The summed E-state index contributed by atoms with van der Waals surface area (Å²) in [4.78, 5) is 8.87. The van der Waals surface area contributed by atoms with Crippen molar-refractivity contribution in [2.45, 2.75) is 32.1 Å². The monoisotopic (exact) mass is 333 g/mol. The van der Waals surface area contributed by atoms with Gasteiger partial charge in [-0.2, -0.15) is 11.8 Å². The van der Waals surface area contributed by atoms with Crippen molar-refractivity contribution >= 4 is 28.8 Å². The van der Waals surface area contributed by atoms with Crippen molar-refractivity contribution in [3.8, 4) is 0 Å². The number of aliphatic imine (C=N–C) groups is 1. The lowest BCUT2D eigenvalue weighted by Crippen LogP contribution is -2.40. The molecular formula is C17H27N5S. The molecule has 0 saturated carbocycles. The van der Waals surface area contributed by atoms with Crippen LogP contribution in [0.3, 0.4) is 0 Å². The van der Waals surface area contributed by atoms with Crippen LogP contribution in [-0.2, 0) is 6.54 Å². The SMILES string of the molecule is CN=C(NCCCn1c(C)nc2ccccc21)NCC(C)SC. The van der Waals surface area contributed by atoms with E-state index in [0.717, 1.165) is 43.4 Å². The molecule has 0 bridgehead atoms. The normalized spacial score (nSPS) is 13.3. The van der Waals surface area contributed by atoms with Crippen LogP contribution in [0.4, 0.5) is 0 Å². The molecule has 0 radical (unpaired) electrons. The quantitative estimate of drug-likeness (QED) is 0.465. The zero-order chi connectivity index (χ0) is 16.7. The van der Waals surface area contributed by atoms with E-state index in [1.54, 1.807) is 0 Å². The molecule has 23 heavy (non-hydrogen) atoms. The molecule has 6 heteroatoms. The first-order chi connectivity index (χ1) is 11.2. The van der Waals surface area contributed by atoms with Crippen LogP contribution in [0.25, 0.3) is 11.0 Å². The maximum Gasteiger partial charge on any atom is 0.191 e. The largest absolute Gasteiger partial charge is 0.356 e. The van der Waals surface area contributed by atoms with Gasteiger partial charge in [-0.25, -0.2) is 4.98 Å². The summed E-state index contributed by atoms with van der Waals surface area (Å²) in [6, 6.07) is 8.30. The Morgan fingerprint density at radius 1 is 1.35 bits per heavy atom. The van der Waals surface area contributed by atoms with Gasteiger partial charge in [0, 0.05) is 31.9 Å². The summed E-state index contributed by atoms with van der Waals surface area (Å²) in [6.45, 7) is 7.04. The van der Waals surface area contributed by atoms with Crippen molar-refractivity contribution in [2.24, 2.45) is 4.99 Å². The van der Waals surface area contributed by atoms with E-state index in [1.807, 2.05) is 24.9 Å². The number of nitrogens with zero attached hydrogens (tertiary/aromatic N) is 3. The first kappa shape index (κ1) is 17.7. The van der Waals surface area contributed by atoms with Gasteiger partial charge in [-0.05, 0) is 31.7 Å². The Bertz CT molecular complexity index is 649. The Kier molecular flexibility index (Phi) is 6.77. The minimum absolute atomic E-state index is 0.577. The third-order valence-corrected chi connectivity index (χ3v) is 4.85. The molecule has 1 heterocycles. The molecule has 0 spiro atoms. The van der Waals surface area contributed by atoms with Crippen LogP contribution in [0.2, 0.25) is 0 Å². The topological polar surface area (TPSA) is 54.2 Å². The number of nitrogens with one attached hydrogen (secondary N) is 2.